The lowest BCUT2D eigenvalue weighted by Crippen LogP contribution is -2.37. The Morgan fingerprint density at radius 1 is 1.33 bits per heavy atom. The first-order valence-corrected chi connectivity index (χ1v) is 6.16. The molecule has 112 valence electrons. The number of carbonyl (C=O) groups is 1. The van der Waals surface area contributed by atoms with Gasteiger partial charge in [0.15, 0.2) is 0 Å². The van der Waals surface area contributed by atoms with Crippen molar-refractivity contribution in [2.24, 2.45) is 0 Å². The Bertz CT molecular complexity index is 573. The summed E-state index contributed by atoms with van der Waals surface area (Å²) in [6.45, 7) is -1.24. The number of carbonyl (C=O) groups excluding carboxylic acids is 1. The molecule has 0 spiro atoms. The highest BCUT2D eigenvalue weighted by Gasteiger charge is 2.19. The van der Waals surface area contributed by atoms with Crippen LogP contribution in [0.3, 0.4) is 0 Å². The van der Waals surface area contributed by atoms with E-state index in [1.165, 1.54) is 18.5 Å². The fourth-order valence-electron chi connectivity index (χ4n) is 1.80. The van der Waals surface area contributed by atoms with E-state index in [1.54, 1.807) is 12.1 Å². The number of aliphatic hydroxyl groups is 1. The highest BCUT2D eigenvalue weighted by Crippen LogP contribution is 2.17. The summed E-state index contributed by atoms with van der Waals surface area (Å²) in [4.78, 5) is 13.0. The molecule has 0 fully saturated rings. The molecule has 1 N–H and O–H groups in total. The lowest BCUT2D eigenvalue weighted by atomic mass is 10.1. The van der Waals surface area contributed by atoms with Crippen molar-refractivity contribution >= 4 is 5.91 Å². The van der Waals surface area contributed by atoms with Gasteiger partial charge in [0.05, 0.1) is 13.2 Å². The Labute approximate surface area is 119 Å². The van der Waals surface area contributed by atoms with Crippen LogP contribution in [0.1, 0.15) is 10.4 Å². The molecule has 0 saturated heterocycles. The number of aliphatic hydroxyl groups excluding tert-OH is 1. The van der Waals surface area contributed by atoms with Crippen LogP contribution >= 0.6 is 0 Å². The molecule has 8 heteroatoms. The molecule has 0 aliphatic rings. The first-order chi connectivity index (χ1) is 10.1. The van der Waals surface area contributed by atoms with Crippen molar-refractivity contribution in [1.29, 1.82) is 0 Å². The summed E-state index contributed by atoms with van der Waals surface area (Å²) in [6, 6.07) is 6.13. The summed E-state index contributed by atoms with van der Waals surface area (Å²) in [7, 11) is 0. The zero-order chi connectivity index (χ0) is 15.2. The van der Waals surface area contributed by atoms with E-state index in [-0.39, 0.29) is 18.7 Å². The third-order valence-electron chi connectivity index (χ3n) is 2.75. The summed E-state index contributed by atoms with van der Waals surface area (Å²) < 4.78 is 29.9. The van der Waals surface area contributed by atoms with Gasteiger partial charge in [-0.15, -0.1) is 10.2 Å². The van der Waals surface area contributed by atoms with Crippen LogP contribution in [0.25, 0.3) is 11.5 Å². The summed E-state index contributed by atoms with van der Waals surface area (Å²) in [5.41, 5.74) is 0.860. The van der Waals surface area contributed by atoms with E-state index in [4.69, 9.17) is 9.52 Å². The lowest BCUT2D eigenvalue weighted by Gasteiger charge is -2.21. The second-order valence-electron chi connectivity index (χ2n) is 4.19. The van der Waals surface area contributed by atoms with Crippen LogP contribution in [-0.2, 0) is 0 Å². The normalized spacial score (nSPS) is 10.9. The fourth-order valence-corrected chi connectivity index (χ4v) is 1.80. The number of hydrogen-bond acceptors (Lipinski definition) is 5. The topological polar surface area (TPSA) is 79.5 Å². The molecule has 6 nitrogen and oxygen atoms in total. The number of benzene rings is 1. The maximum atomic E-state index is 12.4. The van der Waals surface area contributed by atoms with Crippen molar-refractivity contribution in [3.05, 3.63) is 36.2 Å². The molecule has 1 amide bonds. The van der Waals surface area contributed by atoms with Gasteiger partial charge in [-0.05, 0) is 24.3 Å². The van der Waals surface area contributed by atoms with Crippen LogP contribution in [-0.4, -0.2) is 52.2 Å². The van der Waals surface area contributed by atoms with Gasteiger partial charge in [-0.1, -0.05) is 0 Å². The smallest absolute Gasteiger partial charge is 0.255 e. The molecule has 1 aromatic heterocycles. The molecule has 0 bridgehead atoms. The predicted molar refractivity (Wildman–Crippen MR) is 68.7 cm³/mol. The fraction of sp³-hybridized carbons (Fsp3) is 0.308. The van der Waals surface area contributed by atoms with Crippen molar-refractivity contribution < 1.29 is 23.1 Å². The average Bonchev–Trinajstić information content (AvgIpc) is 3.00. The van der Waals surface area contributed by atoms with Gasteiger partial charge < -0.3 is 14.4 Å². The van der Waals surface area contributed by atoms with Crippen molar-refractivity contribution in [3.63, 3.8) is 0 Å². The van der Waals surface area contributed by atoms with E-state index in [2.05, 4.69) is 10.2 Å². The molecule has 0 radical (unpaired) electrons. The highest BCUT2D eigenvalue weighted by molar-refractivity contribution is 5.94. The maximum absolute atomic E-state index is 12.4. The number of alkyl halides is 2. The standard InChI is InChI=1S/C13H13F2N3O3/c14-11(15)7-18(5-6-19)13(20)10-3-1-9(2-4-10)12-17-16-8-21-12/h1-4,8,11,19H,5-7H2. The molecule has 0 unspecified atom stereocenters. The monoisotopic (exact) mass is 297 g/mol. The van der Waals surface area contributed by atoms with E-state index in [1.807, 2.05) is 0 Å². The third-order valence-corrected chi connectivity index (χ3v) is 2.75. The average molecular weight is 297 g/mol. The minimum Gasteiger partial charge on any atom is -0.423 e. The van der Waals surface area contributed by atoms with E-state index >= 15 is 0 Å². The molecule has 0 aliphatic carbocycles. The lowest BCUT2D eigenvalue weighted by molar-refractivity contribution is 0.0509. The summed E-state index contributed by atoms with van der Waals surface area (Å²) in [5.74, 6) is -0.268. The summed E-state index contributed by atoms with van der Waals surface area (Å²) >= 11 is 0. The molecule has 21 heavy (non-hydrogen) atoms. The Kier molecular flexibility index (Phi) is 4.94. The van der Waals surface area contributed by atoms with Gasteiger partial charge in [0.25, 0.3) is 12.3 Å². The maximum Gasteiger partial charge on any atom is 0.255 e. The van der Waals surface area contributed by atoms with Crippen LogP contribution in [0.4, 0.5) is 8.78 Å². The Morgan fingerprint density at radius 3 is 2.57 bits per heavy atom. The van der Waals surface area contributed by atoms with Crippen LogP contribution in [0.15, 0.2) is 35.1 Å². The van der Waals surface area contributed by atoms with E-state index in [9.17, 15) is 13.6 Å². The van der Waals surface area contributed by atoms with Crippen LogP contribution < -0.4 is 0 Å². The number of amides is 1. The number of aromatic nitrogens is 2. The minimum absolute atomic E-state index is 0.144. The highest BCUT2D eigenvalue weighted by atomic mass is 19.3. The molecule has 0 aliphatic heterocycles. The largest absolute Gasteiger partial charge is 0.423 e. The first-order valence-electron chi connectivity index (χ1n) is 6.16. The molecular formula is C13H13F2N3O3. The minimum atomic E-state index is -2.65. The molecule has 0 saturated carbocycles. The number of halogens is 2. The molecule has 2 rings (SSSR count). The van der Waals surface area contributed by atoms with Crippen molar-refractivity contribution in [3.8, 4) is 11.5 Å². The van der Waals surface area contributed by atoms with Gasteiger partial charge >= 0.3 is 0 Å². The SMILES string of the molecule is O=C(c1ccc(-c2nnco2)cc1)N(CCO)CC(F)F. The number of nitrogens with zero attached hydrogens (tertiary/aromatic N) is 3. The second-order valence-corrected chi connectivity index (χ2v) is 4.19. The van der Waals surface area contributed by atoms with Gasteiger partial charge in [0.2, 0.25) is 12.3 Å². The number of hydrogen-bond donors (Lipinski definition) is 1. The quantitative estimate of drug-likeness (QED) is 0.872. The van der Waals surface area contributed by atoms with Gasteiger partial charge in [0.1, 0.15) is 0 Å². The van der Waals surface area contributed by atoms with Crippen molar-refractivity contribution in [2.45, 2.75) is 6.43 Å². The Morgan fingerprint density at radius 2 is 2.05 bits per heavy atom. The molecular weight excluding hydrogens is 284 g/mol. The van der Waals surface area contributed by atoms with Crippen LogP contribution in [0, 0.1) is 0 Å². The second kappa shape index (κ2) is 6.89. The van der Waals surface area contributed by atoms with E-state index < -0.39 is 18.9 Å². The third kappa shape index (κ3) is 3.82. The zero-order valence-electron chi connectivity index (χ0n) is 10.9. The Balaban J connectivity index is 2.14. The first kappa shape index (κ1) is 15.0. The summed E-state index contributed by atoms with van der Waals surface area (Å²) in [6.07, 6.45) is -1.47. The van der Waals surface area contributed by atoms with Crippen LogP contribution in [0.5, 0.6) is 0 Å². The van der Waals surface area contributed by atoms with Gasteiger partial charge in [-0.25, -0.2) is 8.78 Å². The van der Waals surface area contributed by atoms with Gasteiger partial charge in [-0.2, -0.15) is 0 Å². The van der Waals surface area contributed by atoms with Crippen molar-refractivity contribution in [1.82, 2.24) is 15.1 Å². The number of rotatable bonds is 6. The van der Waals surface area contributed by atoms with E-state index in [0.717, 1.165) is 4.90 Å². The van der Waals surface area contributed by atoms with Crippen LogP contribution in [0.2, 0.25) is 0 Å². The molecule has 1 aromatic carbocycles. The molecule has 2 aromatic rings. The predicted octanol–water partition coefficient (Wildman–Crippen LogP) is 1.44. The van der Waals surface area contributed by atoms with Crippen molar-refractivity contribution in [2.75, 3.05) is 19.7 Å². The van der Waals surface area contributed by atoms with E-state index in [0.29, 0.717) is 11.5 Å². The van der Waals surface area contributed by atoms with Gasteiger partial charge in [0, 0.05) is 17.7 Å². The zero-order valence-corrected chi connectivity index (χ0v) is 10.9. The summed E-state index contributed by atoms with van der Waals surface area (Å²) in [5, 5.41) is 16.1. The Hall–Kier alpha value is -2.35. The van der Waals surface area contributed by atoms with Gasteiger partial charge in [-0.3, -0.25) is 4.79 Å². The molecule has 1 heterocycles. The molecule has 0 atom stereocenters.